The second kappa shape index (κ2) is 9.42. The van der Waals surface area contributed by atoms with Crippen molar-refractivity contribution in [2.45, 2.75) is 19.1 Å². The number of aromatic amines is 1. The molecule has 6 rings (SSSR count). The predicted octanol–water partition coefficient (Wildman–Crippen LogP) is 5.20. The molecule has 8 heteroatoms. The molecule has 0 radical (unpaired) electrons. The van der Waals surface area contributed by atoms with Gasteiger partial charge in [0, 0.05) is 5.39 Å². The summed E-state index contributed by atoms with van der Waals surface area (Å²) in [7, 11) is 0. The Morgan fingerprint density at radius 3 is 2.75 bits per heavy atom. The summed E-state index contributed by atoms with van der Waals surface area (Å²) in [6, 6.07) is 25.5. The summed E-state index contributed by atoms with van der Waals surface area (Å²) < 4.78 is 12.0. The number of Topliss-reactive ketones (excluding diaryl/α,β-unsaturated/α-hetero) is 1. The Bertz CT molecular complexity index is 1580. The maximum atomic E-state index is 12.5. The molecule has 3 heterocycles. The number of carbonyl (C=O) groups is 1. The van der Waals surface area contributed by atoms with Crippen molar-refractivity contribution in [3.8, 4) is 11.5 Å². The third kappa shape index (κ3) is 4.56. The van der Waals surface area contributed by atoms with Gasteiger partial charge in [-0.05, 0) is 47.5 Å². The molecule has 5 aromatic rings. The smallest absolute Gasteiger partial charge is 0.215 e. The van der Waals surface area contributed by atoms with Gasteiger partial charge in [0.1, 0.15) is 18.1 Å². The lowest BCUT2D eigenvalue weighted by molar-refractivity contribution is 0.0838. The first kappa shape index (κ1) is 21.7. The third-order valence-corrected chi connectivity index (χ3v) is 5.96. The molecular formula is C28H21N5O3. The zero-order chi connectivity index (χ0) is 24.3. The Morgan fingerprint density at radius 1 is 0.972 bits per heavy atom. The average molecular weight is 476 g/mol. The van der Waals surface area contributed by atoms with Crippen molar-refractivity contribution in [3.63, 3.8) is 0 Å². The summed E-state index contributed by atoms with van der Waals surface area (Å²) in [6.45, 7) is 0.385. The summed E-state index contributed by atoms with van der Waals surface area (Å²) in [5.41, 5.74) is 4.27. The molecule has 0 saturated carbocycles. The van der Waals surface area contributed by atoms with E-state index in [0.717, 1.165) is 33.5 Å². The lowest BCUT2D eigenvalue weighted by Gasteiger charge is -2.23. The number of hydrogen-bond acceptors (Lipinski definition) is 7. The van der Waals surface area contributed by atoms with E-state index in [9.17, 15) is 4.79 Å². The quantitative estimate of drug-likeness (QED) is 0.337. The van der Waals surface area contributed by atoms with E-state index < -0.39 is 6.10 Å². The number of benzene rings is 3. The second-order valence-corrected chi connectivity index (χ2v) is 8.45. The van der Waals surface area contributed by atoms with Crippen molar-refractivity contribution in [2.24, 2.45) is 0 Å². The number of fused-ring (bicyclic) bond motifs is 2. The SMILES string of the molecule is O=C1CC(c2nn[nH]n2)Oc2cc(/C=C/c3cccc(OCc4ccc5ccccc5n4)c3)ccc21. The van der Waals surface area contributed by atoms with Gasteiger partial charge in [0.05, 0.1) is 23.2 Å². The topological polar surface area (TPSA) is 103 Å². The highest BCUT2D eigenvalue weighted by molar-refractivity contribution is 6.00. The molecular weight excluding hydrogens is 454 g/mol. The first-order valence-electron chi connectivity index (χ1n) is 11.5. The Morgan fingerprint density at radius 2 is 1.86 bits per heavy atom. The van der Waals surface area contributed by atoms with Crippen LogP contribution in [0.3, 0.4) is 0 Å². The normalized spacial score (nSPS) is 15.1. The number of carbonyl (C=O) groups excluding carboxylic acids is 1. The largest absolute Gasteiger partial charge is 0.487 e. The van der Waals surface area contributed by atoms with Gasteiger partial charge in [0.15, 0.2) is 11.9 Å². The van der Waals surface area contributed by atoms with Crippen molar-refractivity contribution >= 4 is 28.8 Å². The minimum absolute atomic E-state index is 0.00710. The first-order valence-corrected chi connectivity index (χ1v) is 11.5. The molecule has 1 N–H and O–H groups in total. The first-order chi connectivity index (χ1) is 17.7. The fourth-order valence-corrected chi connectivity index (χ4v) is 4.14. The number of aromatic nitrogens is 5. The number of ketones is 1. The van der Waals surface area contributed by atoms with Crippen LogP contribution in [0.2, 0.25) is 0 Å². The molecule has 8 nitrogen and oxygen atoms in total. The number of hydrogen-bond donors (Lipinski definition) is 1. The number of H-pyrrole nitrogens is 1. The van der Waals surface area contributed by atoms with Crippen molar-refractivity contribution in [3.05, 3.63) is 107 Å². The van der Waals surface area contributed by atoms with Gasteiger partial charge in [-0.3, -0.25) is 4.79 Å². The van der Waals surface area contributed by atoms with Crippen LogP contribution >= 0.6 is 0 Å². The van der Waals surface area contributed by atoms with Gasteiger partial charge in [0.25, 0.3) is 0 Å². The molecule has 0 saturated heterocycles. The van der Waals surface area contributed by atoms with E-state index in [1.54, 1.807) is 6.07 Å². The van der Waals surface area contributed by atoms with Crippen LogP contribution < -0.4 is 9.47 Å². The van der Waals surface area contributed by atoms with Gasteiger partial charge in [-0.25, -0.2) is 4.98 Å². The lowest BCUT2D eigenvalue weighted by Crippen LogP contribution is -2.21. The van der Waals surface area contributed by atoms with Gasteiger partial charge < -0.3 is 9.47 Å². The van der Waals surface area contributed by atoms with Crippen LogP contribution in [-0.4, -0.2) is 31.4 Å². The molecule has 0 fully saturated rings. The third-order valence-electron chi connectivity index (χ3n) is 5.96. The van der Waals surface area contributed by atoms with E-state index >= 15 is 0 Å². The van der Waals surface area contributed by atoms with E-state index in [1.165, 1.54) is 0 Å². The van der Waals surface area contributed by atoms with E-state index in [-0.39, 0.29) is 12.2 Å². The Balaban J connectivity index is 1.15. The number of nitrogens with one attached hydrogen (secondary N) is 1. The van der Waals surface area contributed by atoms with E-state index in [1.807, 2.05) is 78.9 Å². The maximum Gasteiger partial charge on any atom is 0.215 e. The van der Waals surface area contributed by atoms with Crippen LogP contribution in [0.4, 0.5) is 0 Å². The van der Waals surface area contributed by atoms with Crippen molar-refractivity contribution < 1.29 is 14.3 Å². The molecule has 3 aromatic carbocycles. The summed E-state index contributed by atoms with van der Waals surface area (Å²) in [5, 5.41) is 15.0. The minimum atomic E-state index is -0.547. The molecule has 0 spiro atoms. The van der Waals surface area contributed by atoms with Gasteiger partial charge in [-0.15, -0.1) is 10.2 Å². The summed E-state index contributed by atoms with van der Waals surface area (Å²) in [6.07, 6.45) is 3.60. The van der Waals surface area contributed by atoms with Crippen molar-refractivity contribution in [2.75, 3.05) is 0 Å². The molecule has 1 aliphatic heterocycles. The van der Waals surface area contributed by atoms with Crippen LogP contribution in [0.5, 0.6) is 11.5 Å². The van der Waals surface area contributed by atoms with Crippen LogP contribution in [-0.2, 0) is 6.61 Å². The fourth-order valence-electron chi connectivity index (χ4n) is 4.14. The molecule has 36 heavy (non-hydrogen) atoms. The van der Waals surface area contributed by atoms with Gasteiger partial charge in [-0.2, -0.15) is 5.21 Å². The highest BCUT2D eigenvalue weighted by Gasteiger charge is 2.30. The molecule has 0 amide bonds. The Kier molecular flexibility index (Phi) is 5.67. The van der Waals surface area contributed by atoms with Crippen LogP contribution in [0.25, 0.3) is 23.1 Å². The van der Waals surface area contributed by atoms with Gasteiger partial charge in [0.2, 0.25) is 5.82 Å². The standard InChI is InChI=1S/C28H21N5O3/c34-25-16-27(28-30-32-33-31-28)36-26-15-19(10-13-23(25)26)9-8-18-4-3-6-22(14-18)35-17-21-12-11-20-5-1-2-7-24(20)29-21/h1-15,27H,16-17H2,(H,30,31,32,33)/b9-8+. The zero-order valence-electron chi connectivity index (χ0n) is 19.2. The predicted molar refractivity (Wildman–Crippen MR) is 134 cm³/mol. The van der Waals surface area contributed by atoms with E-state index in [0.29, 0.717) is 23.7 Å². The molecule has 176 valence electrons. The van der Waals surface area contributed by atoms with E-state index in [2.05, 4.69) is 31.7 Å². The fraction of sp³-hybridized carbons (Fsp3) is 0.107. The number of ether oxygens (including phenoxy) is 2. The highest BCUT2D eigenvalue weighted by atomic mass is 16.5. The Labute approximate surface area is 206 Å². The second-order valence-electron chi connectivity index (χ2n) is 8.45. The minimum Gasteiger partial charge on any atom is -0.487 e. The molecule has 1 aliphatic rings. The summed E-state index contributed by atoms with van der Waals surface area (Å²) >= 11 is 0. The number of rotatable bonds is 6. The summed E-state index contributed by atoms with van der Waals surface area (Å²) in [4.78, 5) is 17.2. The van der Waals surface area contributed by atoms with E-state index in [4.69, 9.17) is 9.47 Å². The van der Waals surface area contributed by atoms with Gasteiger partial charge in [-0.1, -0.05) is 59.8 Å². The van der Waals surface area contributed by atoms with Crippen LogP contribution in [0.1, 0.15) is 45.5 Å². The molecule has 2 aromatic heterocycles. The molecule has 1 atom stereocenters. The number of tetrazole rings is 1. The Hall–Kier alpha value is -4.85. The van der Waals surface area contributed by atoms with Gasteiger partial charge >= 0.3 is 0 Å². The number of pyridine rings is 1. The molecule has 0 aliphatic carbocycles. The molecule has 0 bridgehead atoms. The highest BCUT2D eigenvalue weighted by Crippen LogP contribution is 2.34. The lowest BCUT2D eigenvalue weighted by atomic mass is 9.98. The number of nitrogens with zero attached hydrogens (tertiary/aromatic N) is 4. The molecule has 1 unspecified atom stereocenters. The van der Waals surface area contributed by atoms with Crippen molar-refractivity contribution in [1.29, 1.82) is 0 Å². The monoisotopic (exact) mass is 475 g/mol. The zero-order valence-corrected chi connectivity index (χ0v) is 19.2. The van der Waals surface area contributed by atoms with Crippen LogP contribution in [0.15, 0.2) is 78.9 Å². The maximum absolute atomic E-state index is 12.5. The summed E-state index contributed by atoms with van der Waals surface area (Å²) in [5.74, 6) is 1.63. The average Bonchev–Trinajstić information content (AvgIpc) is 3.46. The van der Waals surface area contributed by atoms with Crippen LogP contribution in [0, 0.1) is 0 Å². The van der Waals surface area contributed by atoms with Crippen molar-refractivity contribution in [1.82, 2.24) is 25.6 Å². The number of para-hydroxylation sites is 1.